The summed E-state index contributed by atoms with van der Waals surface area (Å²) in [5.41, 5.74) is 0. The van der Waals surface area contributed by atoms with Crippen LogP contribution < -0.4 is 4.74 Å². The Morgan fingerprint density at radius 2 is 2.70 bits per heavy atom. The Bertz CT molecular complexity index is 317. The predicted octanol–water partition coefficient (Wildman–Crippen LogP) is 2.35. The van der Waals surface area contributed by atoms with E-state index in [2.05, 4.69) is 9.72 Å². The smallest absolute Gasteiger partial charge is 0.150 e. The molecule has 0 spiro atoms. The van der Waals surface area contributed by atoms with E-state index in [1.165, 1.54) is 12.3 Å². The molecule has 1 aromatic heterocycles. The van der Waals surface area contributed by atoms with Crippen LogP contribution in [0.3, 0.4) is 0 Å². The second-order valence-electron chi connectivity index (χ2n) is 1.54. The summed E-state index contributed by atoms with van der Waals surface area (Å²) in [5.74, 6) is 0.213. The van der Waals surface area contributed by atoms with Crippen LogP contribution in [0, 0.1) is 3.57 Å². The molecule has 0 amide bonds. The molecule has 0 bridgehead atoms. The van der Waals surface area contributed by atoms with Gasteiger partial charge in [0.05, 0.1) is 20.9 Å². The zero-order valence-electron chi connectivity index (χ0n) is 7.77. The predicted molar refractivity (Wildman–Crippen MR) is 48.5 cm³/mol. The maximum Gasteiger partial charge on any atom is 0.150 e. The van der Waals surface area contributed by atoms with E-state index in [0.29, 0.717) is 8.72 Å². The van der Waals surface area contributed by atoms with Crippen molar-refractivity contribution in [1.29, 1.82) is 0 Å². The van der Waals surface area contributed by atoms with E-state index in [4.69, 9.17) is 15.7 Å². The van der Waals surface area contributed by atoms with Crippen molar-refractivity contribution in [2.45, 2.75) is 0 Å². The molecule has 0 radical (unpaired) electrons. The van der Waals surface area contributed by atoms with Crippen molar-refractivity contribution in [1.82, 2.24) is 4.98 Å². The molecular formula is C6H5ClINO. The molecular weight excluding hydrogens is 264 g/mol. The van der Waals surface area contributed by atoms with Gasteiger partial charge in [-0.1, -0.05) is 11.6 Å². The highest BCUT2D eigenvalue weighted by molar-refractivity contribution is 14.1. The summed E-state index contributed by atoms with van der Waals surface area (Å²) in [4.78, 5) is 3.71. The van der Waals surface area contributed by atoms with E-state index < -0.39 is 7.04 Å². The topological polar surface area (TPSA) is 22.1 Å². The van der Waals surface area contributed by atoms with Gasteiger partial charge in [0.15, 0.2) is 5.75 Å². The molecule has 0 fully saturated rings. The third kappa shape index (κ3) is 1.73. The zero-order valence-corrected chi connectivity index (χ0v) is 7.68. The van der Waals surface area contributed by atoms with Crippen LogP contribution in [0.4, 0.5) is 0 Å². The number of ether oxygens (including phenoxy) is 1. The van der Waals surface area contributed by atoms with Gasteiger partial charge in [0.2, 0.25) is 0 Å². The molecule has 0 saturated heterocycles. The molecule has 0 aliphatic carbocycles. The highest BCUT2D eigenvalue weighted by Crippen LogP contribution is 2.21. The van der Waals surface area contributed by atoms with Crippen LogP contribution in [0.15, 0.2) is 12.3 Å². The normalized spacial score (nSPS) is 15.2. The third-order valence-corrected chi connectivity index (χ3v) is 1.95. The average Bonchev–Trinajstić information content (AvgIpc) is 1.93. The van der Waals surface area contributed by atoms with Crippen LogP contribution >= 0.6 is 34.2 Å². The largest absolute Gasteiger partial charge is 0.494 e. The summed E-state index contributed by atoms with van der Waals surface area (Å²) in [6, 6.07) is 1.53. The summed E-state index contributed by atoms with van der Waals surface area (Å²) in [7, 11) is -2.45. The van der Waals surface area contributed by atoms with Gasteiger partial charge in [0, 0.05) is 0 Å². The Labute approximate surface area is 81.9 Å². The fourth-order valence-electron chi connectivity index (χ4n) is 0.470. The Kier molecular flexibility index (Phi) is 1.62. The summed E-state index contributed by atoms with van der Waals surface area (Å²) in [6.45, 7) is 0. The van der Waals surface area contributed by atoms with Crippen molar-refractivity contribution >= 4 is 34.2 Å². The lowest BCUT2D eigenvalue weighted by atomic mass is 10.5. The number of halogens is 2. The van der Waals surface area contributed by atoms with Crippen molar-refractivity contribution in [3.8, 4) is 5.75 Å². The Morgan fingerprint density at radius 1 is 1.90 bits per heavy atom. The van der Waals surface area contributed by atoms with Crippen molar-refractivity contribution in [2.24, 2.45) is 0 Å². The van der Waals surface area contributed by atoms with Crippen molar-refractivity contribution in [2.75, 3.05) is 7.04 Å². The van der Waals surface area contributed by atoms with Gasteiger partial charge in [-0.25, -0.2) is 4.98 Å². The number of nitrogens with zero attached hydrogens (tertiary/aromatic N) is 1. The lowest BCUT2D eigenvalue weighted by molar-refractivity contribution is 0.410. The number of methoxy groups -OCH3 is 1. The highest BCUT2D eigenvalue weighted by atomic mass is 127. The van der Waals surface area contributed by atoms with Gasteiger partial charge in [-0.2, -0.15) is 0 Å². The molecule has 1 aromatic rings. The molecule has 0 N–H and O–H groups in total. The lowest BCUT2D eigenvalue weighted by Crippen LogP contribution is -1.87. The number of pyridine rings is 1. The van der Waals surface area contributed by atoms with Crippen LogP contribution in [-0.4, -0.2) is 12.0 Å². The molecule has 0 aliphatic rings. The lowest BCUT2D eigenvalue weighted by Gasteiger charge is -2.00. The quantitative estimate of drug-likeness (QED) is 0.578. The minimum absolute atomic E-state index is 0.213. The molecule has 0 aliphatic heterocycles. The minimum atomic E-state index is -2.45. The molecule has 0 saturated carbocycles. The Morgan fingerprint density at radius 3 is 3.30 bits per heavy atom. The molecule has 54 valence electrons. The van der Waals surface area contributed by atoms with Crippen LogP contribution in [0.2, 0.25) is 5.15 Å². The first-order chi connectivity index (χ1) is 5.88. The monoisotopic (exact) mass is 272 g/mol. The summed E-state index contributed by atoms with van der Waals surface area (Å²) in [6.07, 6.45) is 1.29. The molecule has 1 heterocycles. The average molecular weight is 272 g/mol. The number of rotatable bonds is 1. The van der Waals surface area contributed by atoms with Crippen LogP contribution in [0.25, 0.3) is 0 Å². The molecule has 0 aromatic carbocycles. The molecule has 1 rings (SSSR count). The first kappa shape index (κ1) is 4.77. The molecule has 2 nitrogen and oxygen atoms in total. The van der Waals surface area contributed by atoms with E-state index in [0.717, 1.165) is 0 Å². The summed E-state index contributed by atoms with van der Waals surface area (Å²) in [5, 5.41) is 0.308. The number of hydrogen-bond acceptors (Lipinski definition) is 2. The maximum absolute atomic E-state index is 6.87. The van der Waals surface area contributed by atoms with Gasteiger partial charge in [0.1, 0.15) is 5.15 Å². The van der Waals surface area contributed by atoms with Gasteiger partial charge in [-0.3, -0.25) is 0 Å². The summed E-state index contributed by atoms with van der Waals surface area (Å²) < 4.78 is 25.9. The van der Waals surface area contributed by atoms with Crippen LogP contribution in [0.5, 0.6) is 5.75 Å². The van der Waals surface area contributed by atoms with Crippen molar-refractivity contribution < 1.29 is 8.85 Å². The van der Waals surface area contributed by atoms with Gasteiger partial charge >= 0.3 is 0 Å². The first-order valence-corrected chi connectivity index (χ1v) is 3.84. The highest BCUT2D eigenvalue weighted by Gasteiger charge is 1.99. The molecule has 0 atom stereocenters. The third-order valence-electron chi connectivity index (χ3n) is 0.896. The van der Waals surface area contributed by atoms with Gasteiger partial charge in [0.25, 0.3) is 0 Å². The second-order valence-corrected chi connectivity index (χ2v) is 3.09. The molecule has 10 heavy (non-hydrogen) atoms. The fourth-order valence-corrected chi connectivity index (χ4v) is 1.36. The number of aromatic nitrogens is 1. The first-order valence-electron chi connectivity index (χ1n) is 3.88. The SMILES string of the molecule is [2H]C([2H])([2H])Oc1cnc(Cl)cc1I. The van der Waals surface area contributed by atoms with Crippen LogP contribution in [-0.2, 0) is 0 Å². The van der Waals surface area contributed by atoms with Crippen molar-refractivity contribution in [3.05, 3.63) is 21.0 Å². The Balaban J connectivity index is 2.90. The van der Waals surface area contributed by atoms with Crippen molar-refractivity contribution in [3.63, 3.8) is 0 Å². The van der Waals surface area contributed by atoms with Gasteiger partial charge in [-0.05, 0) is 28.7 Å². The van der Waals surface area contributed by atoms with Gasteiger partial charge in [-0.15, -0.1) is 0 Å². The van der Waals surface area contributed by atoms with E-state index in [9.17, 15) is 0 Å². The summed E-state index contributed by atoms with van der Waals surface area (Å²) >= 11 is 7.50. The van der Waals surface area contributed by atoms with Crippen LogP contribution in [0.1, 0.15) is 4.11 Å². The maximum atomic E-state index is 6.87. The van der Waals surface area contributed by atoms with Gasteiger partial charge < -0.3 is 4.74 Å². The number of hydrogen-bond donors (Lipinski definition) is 0. The molecule has 0 unspecified atom stereocenters. The van der Waals surface area contributed by atoms with E-state index >= 15 is 0 Å². The molecule has 4 heteroatoms. The van der Waals surface area contributed by atoms with E-state index in [1.807, 2.05) is 22.6 Å². The van der Waals surface area contributed by atoms with E-state index in [-0.39, 0.29) is 5.75 Å². The Hall–Kier alpha value is -0.0300. The minimum Gasteiger partial charge on any atom is -0.494 e. The standard InChI is InChI=1S/C6H5ClINO/c1-10-5-3-9-6(7)2-4(5)8/h2-3H,1H3/i1D3. The second kappa shape index (κ2) is 3.39. The zero-order chi connectivity index (χ0) is 10.1. The fraction of sp³-hybridized carbons (Fsp3) is 0.167. The van der Waals surface area contributed by atoms with E-state index in [1.54, 1.807) is 0 Å².